The highest BCUT2D eigenvalue weighted by Gasteiger charge is 2.24. The van der Waals surface area contributed by atoms with Gasteiger partial charge in [0.05, 0.1) is 5.69 Å². The Labute approximate surface area is 100.0 Å². The molecule has 0 amide bonds. The Balaban J connectivity index is 2.02. The van der Waals surface area contributed by atoms with Crippen molar-refractivity contribution in [2.75, 3.05) is 0 Å². The normalized spacial score (nSPS) is 17.7. The quantitative estimate of drug-likeness (QED) is 0.767. The maximum Gasteiger partial charge on any atom is 0.175 e. The molecular formula is C13H14N4. The molecule has 0 bridgehead atoms. The highest BCUT2D eigenvalue weighted by Crippen LogP contribution is 2.35. The number of hydrogen-bond donors (Lipinski definition) is 0. The van der Waals surface area contributed by atoms with Crippen molar-refractivity contribution >= 4 is 5.82 Å². The summed E-state index contributed by atoms with van der Waals surface area (Å²) in [6.45, 7) is 4.26. The van der Waals surface area contributed by atoms with Crippen LogP contribution in [0.2, 0.25) is 0 Å². The molecular weight excluding hydrogens is 212 g/mol. The lowest BCUT2D eigenvalue weighted by Crippen LogP contribution is -2.10. The van der Waals surface area contributed by atoms with Gasteiger partial charge in [0, 0.05) is 11.6 Å². The molecule has 1 aliphatic rings. The van der Waals surface area contributed by atoms with Gasteiger partial charge in [-0.05, 0) is 5.92 Å². The van der Waals surface area contributed by atoms with Crippen LogP contribution in [0.5, 0.6) is 0 Å². The van der Waals surface area contributed by atoms with E-state index in [0.29, 0.717) is 5.92 Å². The Morgan fingerprint density at radius 3 is 2.65 bits per heavy atom. The molecule has 4 heteroatoms. The first-order valence-corrected chi connectivity index (χ1v) is 5.81. The molecule has 1 aliphatic heterocycles. The summed E-state index contributed by atoms with van der Waals surface area (Å²) in [5.41, 5.74) is 2.08. The van der Waals surface area contributed by atoms with Gasteiger partial charge in [0.2, 0.25) is 0 Å². The van der Waals surface area contributed by atoms with Gasteiger partial charge in [-0.1, -0.05) is 44.2 Å². The Morgan fingerprint density at radius 2 is 1.94 bits per heavy atom. The van der Waals surface area contributed by atoms with Gasteiger partial charge in [-0.25, -0.2) is 4.68 Å². The Morgan fingerprint density at radius 1 is 1.18 bits per heavy atom. The van der Waals surface area contributed by atoms with Crippen LogP contribution in [0.15, 0.2) is 46.6 Å². The predicted octanol–water partition coefficient (Wildman–Crippen LogP) is 3.80. The van der Waals surface area contributed by atoms with E-state index in [-0.39, 0.29) is 6.17 Å². The first-order valence-electron chi connectivity index (χ1n) is 5.81. The molecule has 0 saturated heterocycles. The van der Waals surface area contributed by atoms with Crippen molar-refractivity contribution in [3.8, 4) is 11.3 Å². The van der Waals surface area contributed by atoms with Crippen molar-refractivity contribution in [1.82, 2.24) is 9.78 Å². The van der Waals surface area contributed by atoms with Gasteiger partial charge in [-0.2, -0.15) is 10.2 Å². The van der Waals surface area contributed by atoms with Crippen molar-refractivity contribution in [3.05, 3.63) is 36.4 Å². The Kier molecular flexibility index (Phi) is 2.28. The lowest BCUT2D eigenvalue weighted by atomic mass is 10.2. The van der Waals surface area contributed by atoms with Crippen molar-refractivity contribution in [2.24, 2.45) is 16.1 Å². The van der Waals surface area contributed by atoms with Gasteiger partial charge in [-0.3, -0.25) is 0 Å². The van der Waals surface area contributed by atoms with Gasteiger partial charge in [0.1, 0.15) is 0 Å². The molecule has 0 N–H and O–H groups in total. The number of rotatable bonds is 2. The summed E-state index contributed by atoms with van der Waals surface area (Å²) in [6.07, 6.45) is 0.0439. The zero-order valence-corrected chi connectivity index (χ0v) is 9.91. The number of fused-ring (bicyclic) bond motifs is 1. The topological polar surface area (TPSA) is 42.5 Å². The van der Waals surface area contributed by atoms with E-state index < -0.39 is 0 Å². The zero-order chi connectivity index (χ0) is 11.8. The van der Waals surface area contributed by atoms with E-state index in [4.69, 9.17) is 0 Å². The number of hydrogen-bond acceptors (Lipinski definition) is 3. The molecule has 0 radical (unpaired) electrons. The molecule has 2 aromatic rings. The third-order valence-electron chi connectivity index (χ3n) is 2.91. The van der Waals surface area contributed by atoms with Crippen molar-refractivity contribution < 1.29 is 0 Å². The summed E-state index contributed by atoms with van der Waals surface area (Å²) >= 11 is 0. The van der Waals surface area contributed by atoms with E-state index in [1.807, 2.05) is 28.9 Å². The van der Waals surface area contributed by atoms with E-state index in [1.165, 1.54) is 0 Å². The fourth-order valence-electron chi connectivity index (χ4n) is 1.99. The third-order valence-corrected chi connectivity index (χ3v) is 2.91. The monoisotopic (exact) mass is 226 g/mol. The Hall–Kier alpha value is -1.97. The maximum atomic E-state index is 4.59. The number of aromatic nitrogens is 2. The van der Waals surface area contributed by atoms with Crippen LogP contribution in [-0.4, -0.2) is 9.78 Å². The fourth-order valence-corrected chi connectivity index (χ4v) is 1.99. The molecule has 1 atom stereocenters. The first-order chi connectivity index (χ1) is 8.25. The van der Waals surface area contributed by atoms with Gasteiger partial charge in [0.25, 0.3) is 0 Å². The third kappa shape index (κ3) is 1.65. The standard InChI is InChI=1S/C13H14N4/c1-9(2)13-15-14-12-8-11(16-17(12)13)10-6-4-3-5-7-10/h3-9,13H,1-2H3. The average Bonchev–Trinajstić information content (AvgIpc) is 2.88. The minimum Gasteiger partial charge on any atom is -0.218 e. The van der Waals surface area contributed by atoms with Gasteiger partial charge < -0.3 is 0 Å². The molecule has 0 saturated carbocycles. The smallest absolute Gasteiger partial charge is 0.175 e. The predicted molar refractivity (Wildman–Crippen MR) is 66.1 cm³/mol. The second-order valence-corrected chi connectivity index (χ2v) is 4.57. The Bertz CT molecular complexity index is 554. The van der Waals surface area contributed by atoms with E-state index >= 15 is 0 Å². The molecule has 17 heavy (non-hydrogen) atoms. The van der Waals surface area contributed by atoms with Crippen molar-refractivity contribution in [3.63, 3.8) is 0 Å². The number of benzene rings is 1. The molecule has 1 aromatic carbocycles. The molecule has 1 unspecified atom stereocenters. The van der Waals surface area contributed by atoms with E-state index in [1.54, 1.807) is 0 Å². The summed E-state index contributed by atoms with van der Waals surface area (Å²) in [6, 6.07) is 12.1. The van der Waals surface area contributed by atoms with Crippen LogP contribution < -0.4 is 0 Å². The largest absolute Gasteiger partial charge is 0.218 e. The zero-order valence-electron chi connectivity index (χ0n) is 9.91. The lowest BCUT2D eigenvalue weighted by Gasteiger charge is -2.11. The van der Waals surface area contributed by atoms with Crippen molar-refractivity contribution in [2.45, 2.75) is 20.0 Å². The summed E-state index contributed by atoms with van der Waals surface area (Å²) in [5, 5.41) is 13.0. The van der Waals surface area contributed by atoms with E-state index in [2.05, 4.69) is 41.3 Å². The van der Waals surface area contributed by atoms with Crippen LogP contribution >= 0.6 is 0 Å². The van der Waals surface area contributed by atoms with Crippen LogP contribution in [0.3, 0.4) is 0 Å². The lowest BCUT2D eigenvalue weighted by molar-refractivity contribution is 0.375. The van der Waals surface area contributed by atoms with Gasteiger partial charge in [-0.15, -0.1) is 5.11 Å². The number of nitrogens with zero attached hydrogens (tertiary/aromatic N) is 4. The fraction of sp³-hybridized carbons (Fsp3) is 0.308. The van der Waals surface area contributed by atoms with Crippen molar-refractivity contribution in [1.29, 1.82) is 0 Å². The van der Waals surface area contributed by atoms with Crippen LogP contribution in [0.4, 0.5) is 5.82 Å². The molecule has 0 fully saturated rings. The van der Waals surface area contributed by atoms with Gasteiger partial charge in [0.15, 0.2) is 12.0 Å². The van der Waals surface area contributed by atoms with Gasteiger partial charge >= 0.3 is 0 Å². The van der Waals surface area contributed by atoms with E-state index in [0.717, 1.165) is 17.1 Å². The van der Waals surface area contributed by atoms with Crippen LogP contribution in [0.1, 0.15) is 20.0 Å². The highest BCUT2D eigenvalue weighted by molar-refractivity contribution is 5.62. The second kappa shape index (κ2) is 3.80. The number of azo groups is 1. The first kappa shape index (κ1) is 10.2. The maximum absolute atomic E-state index is 4.59. The molecule has 2 heterocycles. The average molecular weight is 226 g/mol. The van der Waals surface area contributed by atoms with Crippen LogP contribution in [0, 0.1) is 5.92 Å². The SMILES string of the molecule is CC(C)C1N=Nc2cc(-c3ccccc3)nn21. The van der Waals surface area contributed by atoms with Crippen LogP contribution in [0.25, 0.3) is 11.3 Å². The minimum atomic E-state index is 0.0439. The molecule has 0 aliphatic carbocycles. The van der Waals surface area contributed by atoms with E-state index in [9.17, 15) is 0 Å². The van der Waals surface area contributed by atoms with Crippen LogP contribution in [-0.2, 0) is 0 Å². The molecule has 1 aromatic heterocycles. The molecule has 3 rings (SSSR count). The molecule has 4 nitrogen and oxygen atoms in total. The highest BCUT2D eigenvalue weighted by atomic mass is 15.5. The molecule has 86 valence electrons. The molecule has 0 spiro atoms. The summed E-state index contributed by atoms with van der Waals surface area (Å²) in [7, 11) is 0. The summed E-state index contributed by atoms with van der Waals surface area (Å²) in [5.74, 6) is 1.26. The minimum absolute atomic E-state index is 0.0439. The summed E-state index contributed by atoms with van der Waals surface area (Å²) in [4.78, 5) is 0. The second-order valence-electron chi connectivity index (χ2n) is 4.57. The summed E-state index contributed by atoms with van der Waals surface area (Å²) < 4.78 is 1.91.